The summed E-state index contributed by atoms with van der Waals surface area (Å²) >= 11 is 6.06. The first-order chi connectivity index (χ1) is 7.72. The molecule has 2 rings (SSSR count). The van der Waals surface area contributed by atoms with Crippen LogP contribution < -0.4 is 10.1 Å². The van der Waals surface area contributed by atoms with E-state index in [1.165, 1.54) is 5.56 Å². The Labute approximate surface area is 101 Å². The van der Waals surface area contributed by atoms with E-state index >= 15 is 0 Å². The number of morpholine rings is 1. The van der Waals surface area contributed by atoms with Gasteiger partial charge in [0.25, 0.3) is 0 Å². The average Bonchev–Trinajstić information content (AvgIpc) is 2.30. The number of hydrogen-bond donors (Lipinski definition) is 1. The normalized spacial score (nSPS) is 20.8. The van der Waals surface area contributed by atoms with Crippen molar-refractivity contribution in [2.75, 3.05) is 26.9 Å². The monoisotopic (exact) mass is 241 g/mol. The van der Waals surface area contributed by atoms with Gasteiger partial charge in [-0.05, 0) is 30.2 Å². The van der Waals surface area contributed by atoms with Crippen molar-refractivity contribution in [3.63, 3.8) is 0 Å². The Bertz CT molecular complexity index is 376. The molecule has 0 radical (unpaired) electrons. The number of hydrogen-bond acceptors (Lipinski definition) is 3. The number of rotatable bonds is 2. The van der Waals surface area contributed by atoms with Gasteiger partial charge >= 0.3 is 0 Å². The molecule has 0 bridgehead atoms. The zero-order valence-electron chi connectivity index (χ0n) is 9.55. The number of halogens is 1. The minimum Gasteiger partial charge on any atom is -0.495 e. The third-order valence-corrected chi connectivity index (χ3v) is 3.13. The largest absolute Gasteiger partial charge is 0.495 e. The third-order valence-electron chi connectivity index (χ3n) is 2.84. The first-order valence-electron chi connectivity index (χ1n) is 5.37. The highest BCUT2D eigenvalue weighted by Crippen LogP contribution is 2.31. The van der Waals surface area contributed by atoms with Crippen molar-refractivity contribution in [2.24, 2.45) is 0 Å². The highest BCUT2D eigenvalue weighted by Gasteiger charge is 2.18. The van der Waals surface area contributed by atoms with E-state index in [4.69, 9.17) is 21.1 Å². The van der Waals surface area contributed by atoms with Crippen molar-refractivity contribution in [3.05, 3.63) is 28.3 Å². The number of benzene rings is 1. The maximum absolute atomic E-state index is 6.06. The zero-order chi connectivity index (χ0) is 11.5. The number of aryl methyl sites for hydroxylation is 1. The Kier molecular flexibility index (Phi) is 3.69. The molecule has 1 aromatic carbocycles. The maximum atomic E-state index is 6.06. The van der Waals surface area contributed by atoms with Crippen molar-refractivity contribution in [3.8, 4) is 5.75 Å². The lowest BCUT2D eigenvalue weighted by Crippen LogP contribution is -2.34. The molecule has 1 atom stereocenters. The van der Waals surface area contributed by atoms with Crippen LogP contribution in [-0.4, -0.2) is 26.9 Å². The molecule has 1 N–H and O–H groups in total. The molecule has 4 heteroatoms. The fraction of sp³-hybridized carbons (Fsp3) is 0.500. The van der Waals surface area contributed by atoms with Crippen LogP contribution in [0.4, 0.5) is 0 Å². The summed E-state index contributed by atoms with van der Waals surface area (Å²) in [6.45, 7) is 4.41. The van der Waals surface area contributed by atoms with Crippen molar-refractivity contribution in [1.82, 2.24) is 5.32 Å². The topological polar surface area (TPSA) is 30.5 Å². The van der Waals surface area contributed by atoms with Gasteiger partial charge in [-0.15, -0.1) is 0 Å². The van der Waals surface area contributed by atoms with Gasteiger partial charge in [-0.25, -0.2) is 0 Å². The van der Waals surface area contributed by atoms with Crippen molar-refractivity contribution < 1.29 is 9.47 Å². The average molecular weight is 242 g/mol. The lowest BCUT2D eigenvalue weighted by molar-refractivity contribution is 0.0766. The molecular weight excluding hydrogens is 226 g/mol. The standard InChI is InChI=1S/C12H16ClNO2/c1-8-5-10(13)12(15-2)6-9(8)11-7-16-4-3-14-11/h5-6,11,14H,3-4,7H2,1-2H3. The SMILES string of the molecule is COc1cc(C2COCCN2)c(C)cc1Cl. The maximum Gasteiger partial charge on any atom is 0.137 e. The zero-order valence-corrected chi connectivity index (χ0v) is 10.3. The first kappa shape index (κ1) is 11.7. The van der Waals surface area contributed by atoms with Crippen LogP contribution >= 0.6 is 11.6 Å². The van der Waals surface area contributed by atoms with Gasteiger partial charge in [0, 0.05) is 6.54 Å². The molecule has 1 fully saturated rings. The van der Waals surface area contributed by atoms with Gasteiger partial charge in [0.1, 0.15) is 5.75 Å². The van der Waals surface area contributed by atoms with Crippen LogP contribution in [0.1, 0.15) is 17.2 Å². The van der Waals surface area contributed by atoms with Crippen molar-refractivity contribution >= 4 is 11.6 Å². The minimum absolute atomic E-state index is 0.236. The van der Waals surface area contributed by atoms with Crippen molar-refractivity contribution in [1.29, 1.82) is 0 Å². The summed E-state index contributed by atoms with van der Waals surface area (Å²) in [5, 5.41) is 4.08. The fourth-order valence-corrected chi connectivity index (χ4v) is 2.26. The molecular formula is C12H16ClNO2. The van der Waals surface area contributed by atoms with Gasteiger partial charge in [0.05, 0.1) is 31.4 Å². The molecule has 1 unspecified atom stereocenters. The molecule has 0 amide bonds. The molecule has 1 saturated heterocycles. The van der Waals surface area contributed by atoms with E-state index in [1.807, 2.05) is 12.1 Å². The number of nitrogens with one attached hydrogen (secondary N) is 1. The number of ether oxygens (including phenoxy) is 2. The fourth-order valence-electron chi connectivity index (χ4n) is 1.97. The summed E-state index contributed by atoms with van der Waals surface area (Å²) in [6.07, 6.45) is 0. The van der Waals surface area contributed by atoms with E-state index in [2.05, 4.69) is 12.2 Å². The first-order valence-corrected chi connectivity index (χ1v) is 5.75. The van der Waals surface area contributed by atoms with Crippen LogP contribution in [-0.2, 0) is 4.74 Å². The molecule has 1 aliphatic heterocycles. The second-order valence-corrected chi connectivity index (χ2v) is 4.33. The number of methoxy groups -OCH3 is 1. The molecule has 0 spiro atoms. The highest BCUT2D eigenvalue weighted by atomic mass is 35.5. The molecule has 16 heavy (non-hydrogen) atoms. The molecule has 0 aromatic heterocycles. The van der Waals surface area contributed by atoms with E-state index < -0.39 is 0 Å². The Morgan fingerprint density at radius 1 is 1.50 bits per heavy atom. The second kappa shape index (κ2) is 5.04. The van der Waals surface area contributed by atoms with E-state index in [1.54, 1.807) is 7.11 Å². The Morgan fingerprint density at radius 3 is 2.94 bits per heavy atom. The molecule has 0 aliphatic carbocycles. The van der Waals surface area contributed by atoms with Crippen LogP contribution in [0, 0.1) is 6.92 Å². The van der Waals surface area contributed by atoms with Gasteiger partial charge < -0.3 is 14.8 Å². The van der Waals surface area contributed by atoms with Gasteiger partial charge in [0.2, 0.25) is 0 Å². The Hall–Kier alpha value is -0.770. The van der Waals surface area contributed by atoms with Crippen LogP contribution in [0.5, 0.6) is 5.75 Å². The van der Waals surface area contributed by atoms with E-state index in [0.717, 1.165) is 24.5 Å². The molecule has 1 aromatic rings. The molecule has 1 aliphatic rings. The van der Waals surface area contributed by atoms with Crippen LogP contribution in [0.2, 0.25) is 5.02 Å². The smallest absolute Gasteiger partial charge is 0.137 e. The second-order valence-electron chi connectivity index (χ2n) is 3.92. The molecule has 1 heterocycles. The summed E-state index contributed by atoms with van der Waals surface area (Å²) in [4.78, 5) is 0. The Balaban J connectivity index is 2.31. The lowest BCUT2D eigenvalue weighted by atomic mass is 10.0. The summed E-state index contributed by atoms with van der Waals surface area (Å²) < 4.78 is 10.7. The summed E-state index contributed by atoms with van der Waals surface area (Å²) in [5.74, 6) is 0.717. The molecule has 0 saturated carbocycles. The van der Waals surface area contributed by atoms with Crippen LogP contribution in [0.3, 0.4) is 0 Å². The summed E-state index contributed by atoms with van der Waals surface area (Å²) in [7, 11) is 1.63. The molecule has 88 valence electrons. The molecule has 3 nitrogen and oxygen atoms in total. The summed E-state index contributed by atoms with van der Waals surface area (Å²) in [6, 6.07) is 4.16. The van der Waals surface area contributed by atoms with Gasteiger partial charge in [-0.3, -0.25) is 0 Å². The quantitative estimate of drug-likeness (QED) is 0.862. The van der Waals surface area contributed by atoms with Crippen molar-refractivity contribution in [2.45, 2.75) is 13.0 Å². The van der Waals surface area contributed by atoms with Crippen LogP contribution in [0.15, 0.2) is 12.1 Å². The van der Waals surface area contributed by atoms with E-state index in [9.17, 15) is 0 Å². The van der Waals surface area contributed by atoms with Gasteiger partial charge in [-0.2, -0.15) is 0 Å². The van der Waals surface area contributed by atoms with Crippen LogP contribution in [0.25, 0.3) is 0 Å². The van der Waals surface area contributed by atoms with E-state index in [0.29, 0.717) is 11.6 Å². The predicted octanol–water partition coefficient (Wildman–Crippen LogP) is 2.32. The Morgan fingerprint density at radius 2 is 2.31 bits per heavy atom. The van der Waals surface area contributed by atoms with Gasteiger partial charge in [-0.1, -0.05) is 11.6 Å². The predicted molar refractivity (Wildman–Crippen MR) is 64.3 cm³/mol. The summed E-state index contributed by atoms with van der Waals surface area (Å²) in [5.41, 5.74) is 2.36. The third kappa shape index (κ3) is 2.32. The highest BCUT2D eigenvalue weighted by molar-refractivity contribution is 6.32. The van der Waals surface area contributed by atoms with E-state index in [-0.39, 0.29) is 6.04 Å². The minimum atomic E-state index is 0.236. The van der Waals surface area contributed by atoms with Gasteiger partial charge in [0.15, 0.2) is 0 Å². The lowest BCUT2D eigenvalue weighted by Gasteiger charge is -2.26.